The molecule has 5 nitrogen and oxygen atoms in total. The summed E-state index contributed by atoms with van der Waals surface area (Å²) in [6.07, 6.45) is 1.30. The summed E-state index contributed by atoms with van der Waals surface area (Å²) in [5, 5.41) is 0. The molecule has 1 atom stereocenters. The van der Waals surface area contributed by atoms with Gasteiger partial charge < -0.3 is 21.9 Å². The average molecular weight is 175 g/mol. The van der Waals surface area contributed by atoms with E-state index in [0.29, 0.717) is 19.5 Å². The molecule has 72 valence electrons. The summed E-state index contributed by atoms with van der Waals surface area (Å²) in [6, 6.07) is -0.555. The Kier molecular flexibility index (Phi) is 6.64. The maximum absolute atomic E-state index is 11.0. The lowest BCUT2D eigenvalue weighted by atomic mass is 10.2. The van der Waals surface area contributed by atoms with Gasteiger partial charge in [-0.15, -0.1) is 0 Å². The average Bonchev–Trinajstić information content (AvgIpc) is 2.10. The maximum atomic E-state index is 11.0. The lowest BCUT2D eigenvalue weighted by Crippen LogP contribution is -2.33. The van der Waals surface area contributed by atoms with Crippen LogP contribution in [0, 0.1) is 0 Å². The van der Waals surface area contributed by atoms with Gasteiger partial charge in [-0.05, 0) is 19.4 Å². The van der Waals surface area contributed by atoms with Crippen molar-refractivity contribution in [3.8, 4) is 0 Å². The van der Waals surface area contributed by atoms with E-state index >= 15 is 0 Å². The largest absolute Gasteiger partial charge is 0.463 e. The van der Waals surface area contributed by atoms with Gasteiger partial charge in [0.15, 0.2) is 0 Å². The van der Waals surface area contributed by atoms with Crippen LogP contribution in [0.2, 0.25) is 0 Å². The fourth-order valence-corrected chi connectivity index (χ4v) is 0.722. The third-order valence-corrected chi connectivity index (χ3v) is 1.38. The van der Waals surface area contributed by atoms with Crippen molar-refractivity contribution in [2.24, 2.45) is 17.2 Å². The fraction of sp³-hybridized carbons (Fsp3) is 0.857. The fourth-order valence-electron chi connectivity index (χ4n) is 0.722. The Labute approximate surface area is 72.2 Å². The summed E-state index contributed by atoms with van der Waals surface area (Å²) >= 11 is 0. The summed E-state index contributed by atoms with van der Waals surface area (Å²) in [7, 11) is 0. The summed E-state index contributed by atoms with van der Waals surface area (Å²) in [5.41, 5.74) is 15.9. The summed E-state index contributed by atoms with van der Waals surface area (Å²) in [4.78, 5) is 11.0. The van der Waals surface area contributed by atoms with Gasteiger partial charge in [0.1, 0.15) is 12.6 Å². The van der Waals surface area contributed by atoms with E-state index in [1.165, 1.54) is 0 Å². The van der Waals surface area contributed by atoms with Crippen LogP contribution in [0.15, 0.2) is 0 Å². The third-order valence-electron chi connectivity index (χ3n) is 1.38. The van der Waals surface area contributed by atoms with Crippen molar-refractivity contribution < 1.29 is 9.53 Å². The molecule has 0 aromatic carbocycles. The van der Waals surface area contributed by atoms with Gasteiger partial charge in [0.2, 0.25) is 0 Å². The zero-order valence-electron chi connectivity index (χ0n) is 7.16. The number of carbonyl (C=O) groups is 1. The second-order valence-electron chi connectivity index (χ2n) is 2.49. The minimum absolute atomic E-state index is 0.231. The number of esters is 1. The van der Waals surface area contributed by atoms with Crippen molar-refractivity contribution in [1.82, 2.24) is 0 Å². The van der Waals surface area contributed by atoms with E-state index in [4.69, 9.17) is 21.9 Å². The van der Waals surface area contributed by atoms with Gasteiger partial charge in [-0.2, -0.15) is 0 Å². The number of carbonyl (C=O) groups excluding carboxylic acids is 1. The van der Waals surface area contributed by atoms with Crippen LogP contribution < -0.4 is 17.2 Å². The molecule has 0 radical (unpaired) electrons. The molecule has 0 aliphatic rings. The van der Waals surface area contributed by atoms with E-state index in [9.17, 15) is 4.79 Å². The van der Waals surface area contributed by atoms with Crippen molar-refractivity contribution in [2.45, 2.75) is 18.9 Å². The van der Waals surface area contributed by atoms with Crippen LogP contribution in [0.5, 0.6) is 0 Å². The maximum Gasteiger partial charge on any atom is 0.322 e. The quantitative estimate of drug-likeness (QED) is 0.429. The molecule has 0 heterocycles. The van der Waals surface area contributed by atoms with Crippen molar-refractivity contribution >= 4 is 5.97 Å². The molecule has 0 aromatic heterocycles. The van der Waals surface area contributed by atoms with Crippen molar-refractivity contribution in [1.29, 1.82) is 0 Å². The highest BCUT2D eigenvalue weighted by Gasteiger charge is 2.13. The predicted molar refractivity (Wildman–Crippen MR) is 46.3 cm³/mol. The molecule has 0 aromatic rings. The molecule has 0 fully saturated rings. The molecule has 0 bridgehead atoms. The minimum Gasteiger partial charge on any atom is -0.463 e. The first-order valence-corrected chi connectivity index (χ1v) is 4.04. The molecule has 0 spiro atoms. The van der Waals surface area contributed by atoms with E-state index in [1.807, 2.05) is 0 Å². The highest BCUT2D eigenvalue weighted by molar-refractivity contribution is 5.75. The lowest BCUT2D eigenvalue weighted by Gasteiger charge is -2.09. The number of nitrogens with two attached hydrogens (primary N) is 3. The van der Waals surface area contributed by atoms with Crippen LogP contribution >= 0.6 is 0 Å². The van der Waals surface area contributed by atoms with Gasteiger partial charge in [-0.1, -0.05) is 0 Å². The predicted octanol–water partition coefficient (Wildman–Crippen LogP) is -1.45. The van der Waals surface area contributed by atoms with Gasteiger partial charge in [-0.3, -0.25) is 4.79 Å². The highest BCUT2D eigenvalue weighted by atomic mass is 16.5. The SMILES string of the molecule is NCCCC(N)C(=O)OCCN. The molecule has 0 aliphatic carbocycles. The van der Waals surface area contributed by atoms with Crippen LogP contribution in [-0.4, -0.2) is 31.7 Å². The number of hydrogen-bond acceptors (Lipinski definition) is 5. The van der Waals surface area contributed by atoms with E-state index in [0.717, 1.165) is 6.42 Å². The normalized spacial score (nSPS) is 12.6. The number of ether oxygens (including phenoxy) is 1. The van der Waals surface area contributed by atoms with E-state index < -0.39 is 12.0 Å². The van der Waals surface area contributed by atoms with Gasteiger partial charge in [0, 0.05) is 6.54 Å². The van der Waals surface area contributed by atoms with Crippen molar-refractivity contribution in [3.05, 3.63) is 0 Å². The summed E-state index contributed by atoms with van der Waals surface area (Å²) in [6.45, 7) is 1.10. The molecule has 6 N–H and O–H groups in total. The minimum atomic E-state index is -0.555. The Morgan fingerprint density at radius 3 is 2.50 bits per heavy atom. The lowest BCUT2D eigenvalue weighted by molar-refractivity contribution is -0.145. The smallest absolute Gasteiger partial charge is 0.322 e. The van der Waals surface area contributed by atoms with Gasteiger partial charge >= 0.3 is 5.97 Å². The molecule has 5 heteroatoms. The summed E-state index contributed by atoms with van der Waals surface area (Å²) < 4.78 is 4.72. The molecular weight excluding hydrogens is 158 g/mol. The van der Waals surface area contributed by atoms with E-state index in [2.05, 4.69) is 0 Å². The first kappa shape index (κ1) is 11.4. The van der Waals surface area contributed by atoms with E-state index in [-0.39, 0.29) is 6.61 Å². The molecule has 0 rings (SSSR count). The Balaban J connectivity index is 3.47. The monoisotopic (exact) mass is 175 g/mol. The van der Waals surface area contributed by atoms with E-state index in [1.54, 1.807) is 0 Å². The van der Waals surface area contributed by atoms with Crippen molar-refractivity contribution in [2.75, 3.05) is 19.7 Å². The van der Waals surface area contributed by atoms with Gasteiger partial charge in [0.05, 0.1) is 0 Å². The molecule has 0 saturated carbocycles. The topological polar surface area (TPSA) is 104 Å². The second kappa shape index (κ2) is 7.02. The van der Waals surface area contributed by atoms with Crippen LogP contribution in [0.4, 0.5) is 0 Å². The van der Waals surface area contributed by atoms with Gasteiger partial charge in [0.25, 0.3) is 0 Å². The van der Waals surface area contributed by atoms with Crippen molar-refractivity contribution in [3.63, 3.8) is 0 Å². The first-order chi connectivity index (χ1) is 5.72. The van der Waals surface area contributed by atoms with Crippen LogP contribution in [0.1, 0.15) is 12.8 Å². The molecular formula is C7H17N3O2. The van der Waals surface area contributed by atoms with Gasteiger partial charge in [-0.25, -0.2) is 0 Å². The second-order valence-corrected chi connectivity index (χ2v) is 2.49. The first-order valence-electron chi connectivity index (χ1n) is 4.04. The summed E-state index contributed by atoms with van der Waals surface area (Å²) in [5.74, 6) is -0.395. The Hall–Kier alpha value is -0.650. The Morgan fingerprint density at radius 1 is 1.33 bits per heavy atom. The Bertz CT molecular complexity index is 130. The highest BCUT2D eigenvalue weighted by Crippen LogP contribution is 1.95. The third kappa shape index (κ3) is 5.06. The molecule has 0 saturated heterocycles. The van der Waals surface area contributed by atoms with Crippen LogP contribution in [-0.2, 0) is 9.53 Å². The van der Waals surface area contributed by atoms with Crippen LogP contribution in [0.3, 0.4) is 0 Å². The molecule has 12 heavy (non-hydrogen) atoms. The number of rotatable bonds is 6. The molecule has 0 aliphatic heterocycles. The zero-order chi connectivity index (χ0) is 9.40. The zero-order valence-corrected chi connectivity index (χ0v) is 7.16. The Morgan fingerprint density at radius 2 is 2.00 bits per heavy atom. The number of hydrogen-bond donors (Lipinski definition) is 3. The standard InChI is InChI=1S/C7H17N3O2/c8-3-1-2-6(10)7(11)12-5-4-9/h6H,1-5,8-10H2. The molecule has 1 unspecified atom stereocenters. The molecule has 0 amide bonds. The van der Waals surface area contributed by atoms with Crippen LogP contribution in [0.25, 0.3) is 0 Å².